The molecule has 0 spiro atoms. The van der Waals surface area contributed by atoms with E-state index in [1.807, 2.05) is 6.07 Å². The highest BCUT2D eigenvalue weighted by atomic mass is 127. The molecule has 3 N–H and O–H groups in total. The molecule has 128 valence electrons. The standard InChI is InChI=1S/C17H20N4S2.HI/c18-17(20-11-9-13-5-4-12-22-13)19-10-3-8-16-21-14-6-1-2-7-15(14)23-16;/h1-2,4-7,12H,3,8-11H2,(H3,18,19,20);1H. The van der Waals surface area contributed by atoms with Gasteiger partial charge in [0.2, 0.25) is 0 Å². The number of halogens is 1. The van der Waals surface area contributed by atoms with E-state index in [-0.39, 0.29) is 24.0 Å². The van der Waals surface area contributed by atoms with E-state index in [2.05, 4.69) is 51.0 Å². The summed E-state index contributed by atoms with van der Waals surface area (Å²) < 4.78 is 1.25. The molecule has 0 bridgehead atoms. The van der Waals surface area contributed by atoms with Gasteiger partial charge < -0.3 is 11.1 Å². The number of thiophene rings is 1. The van der Waals surface area contributed by atoms with E-state index < -0.39 is 0 Å². The number of aromatic nitrogens is 1. The lowest BCUT2D eigenvalue weighted by Crippen LogP contribution is -2.33. The second kappa shape index (κ2) is 9.95. The van der Waals surface area contributed by atoms with Gasteiger partial charge in [-0.15, -0.1) is 46.7 Å². The molecule has 0 amide bonds. The van der Waals surface area contributed by atoms with Crippen molar-refractivity contribution >= 4 is 62.8 Å². The number of nitrogens with zero attached hydrogens (tertiary/aromatic N) is 2. The van der Waals surface area contributed by atoms with Crippen LogP contribution in [0.15, 0.2) is 46.8 Å². The van der Waals surface area contributed by atoms with Crippen molar-refractivity contribution in [3.05, 3.63) is 51.7 Å². The lowest BCUT2D eigenvalue weighted by molar-refractivity contribution is 0.807. The van der Waals surface area contributed by atoms with Crippen molar-refractivity contribution in [3.8, 4) is 0 Å². The zero-order valence-corrected chi connectivity index (χ0v) is 17.2. The van der Waals surface area contributed by atoms with E-state index in [4.69, 9.17) is 5.73 Å². The average molecular weight is 472 g/mol. The SMILES string of the molecule is I.NC(=NCCCc1nc2ccccc2s1)NCCc1cccs1. The third kappa shape index (κ3) is 5.71. The van der Waals surface area contributed by atoms with Crippen molar-refractivity contribution in [2.45, 2.75) is 19.3 Å². The molecular formula is C17H21IN4S2. The maximum absolute atomic E-state index is 5.88. The summed E-state index contributed by atoms with van der Waals surface area (Å²) in [6.07, 6.45) is 2.90. The van der Waals surface area contributed by atoms with Gasteiger partial charge in [0, 0.05) is 24.4 Å². The number of guanidine groups is 1. The van der Waals surface area contributed by atoms with Gasteiger partial charge >= 0.3 is 0 Å². The Kier molecular flexibility index (Phi) is 7.93. The highest BCUT2D eigenvalue weighted by Gasteiger charge is 2.02. The van der Waals surface area contributed by atoms with Crippen LogP contribution in [0.4, 0.5) is 0 Å². The summed E-state index contributed by atoms with van der Waals surface area (Å²) in [4.78, 5) is 10.4. The van der Waals surface area contributed by atoms with Gasteiger partial charge in [0.15, 0.2) is 5.96 Å². The molecule has 4 nitrogen and oxygen atoms in total. The first-order valence-corrected chi connectivity index (χ1v) is 9.41. The molecule has 3 aromatic rings. The van der Waals surface area contributed by atoms with Crippen molar-refractivity contribution in [1.29, 1.82) is 0 Å². The molecule has 7 heteroatoms. The normalized spacial score (nSPS) is 11.4. The fourth-order valence-electron chi connectivity index (χ4n) is 2.28. The number of aliphatic imine (C=N–C) groups is 1. The van der Waals surface area contributed by atoms with Crippen LogP contribution in [0.3, 0.4) is 0 Å². The minimum Gasteiger partial charge on any atom is -0.370 e. The van der Waals surface area contributed by atoms with E-state index >= 15 is 0 Å². The van der Waals surface area contributed by atoms with E-state index in [9.17, 15) is 0 Å². The van der Waals surface area contributed by atoms with Crippen LogP contribution >= 0.6 is 46.7 Å². The van der Waals surface area contributed by atoms with Crippen LogP contribution in [0.2, 0.25) is 0 Å². The number of nitrogens with one attached hydrogen (secondary N) is 1. The maximum Gasteiger partial charge on any atom is 0.188 e. The van der Waals surface area contributed by atoms with Crippen LogP contribution in [-0.4, -0.2) is 24.0 Å². The summed E-state index contributed by atoms with van der Waals surface area (Å²) >= 11 is 3.53. The van der Waals surface area contributed by atoms with Crippen molar-refractivity contribution < 1.29 is 0 Å². The largest absolute Gasteiger partial charge is 0.370 e. The lowest BCUT2D eigenvalue weighted by Gasteiger charge is -2.04. The van der Waals surface area contributed by atoms with Crippen LogP contribution in [0.1, 0.15) is 16.3 Å². The highest BCUT2D eigenvalue weighted by Crippen LogP contribution is 2.22. The third-order valence-electron chi connectivity index (χ3n) is 3.43. The Morgan fingerprint density at radius 1 is 1.17 bits per heavy atom. The number of fused-ring (bicyclic) bond motifs is 1. The predicted octanol–water partition coefficient (Wildman–Crippen LogP) is 4.06. The minimum absolute atomic E-state index is 0. The summed E-state index contributed by atoms with van der Waals surface area (Å²) in [6.45, 7) is 1.56. The molecule has 2 heterocycles. The highest BCUT2D eigenvalue weighted by molar-refractivity contribution is 14.0. The van der Waals surface area contributed by atoms with E-state index in [0.717, 1.165) is 37.9 Å². The summed E-state index contributed by atoms with van der Waals surface area (Å²) in [6, 6.07) is 12.5. The van der Waals surface area contributed by atoms with Gasteiger partial charge in [-0.3, -0.25) is 4.99 Å². The summed E-state index contributed by atoms with van der Waals surface area (Å²) in [5, 5.41) is 6.43. The zero-order chi connectivity index (χ0) is 15.9. The molecule has 0 aliphatic heterocycles. The number of hydrogen-bond donors (Lipinski definition) is 2. The molecule has 0 atom stereocenters. The Balaban J connectivity index is 0.00000208. The van der Waals surface area contributed by atoms with Crippen LogP contribution in [0.25, 0.3) is 10.2 Å². The number of aryl methyl sites for hydroxylation is 1. The Morgan fingerprint density at radius 3 is 2.83 bits per heavy atom. The number of thiazole rings is 1. The monoisotopic (exact) mass is 472 g/mol. The minimum atomic E-state index is 0. The van der Waals surface area contributed by atoms with Crippen LogP contribution in [0, 0.1) is 0 Å². The number of benzene rings is 1. The van der Waals surface area contributed by atoms with Gasteiger partial charge in [0.05, 0.1) is 15.2 Å². The van der Waals surface area contributed by atoms with Gasteiger partial charge in [-0.1, -0.05) is 18.2 Å². The number of hydrogen-bond acceptors (Lipinski definition) is 4. The smallest absolute Gasteiger partial charge is 0.188 e. The summed E-state index contributed by atoms with van der Waals surface area (Å²) in [5.74, 6) is 0.533. The third-order valence-corrected chi connectivity index (χ3v) is 5.46. The molecule has 24 heavy (non-hydrogen) atoms. The molecule has 2 aromatic heterocycles. The predicted molar refractivity (Wildman–Crippen MR) is 116 cm³/mol. The molecule has 0 aliphatic carbocycles. The van der Waals surface area contributed by atoms with Crippen molar-refractivity contribution in [2.75, 3.05) is 13.1 Å². The van der Waals surface area contributed by atoms with Crippen molar-refractivity contribution in [3.63, 3.8) is 0 Å². The van der Waals surface area contributed by atoms with Gasteiger partial charge in [-0.05, 0) is 36.4 Å². The molecule has 0 fully saturated rings. The topological polar surface area (TPSA) is 63.3 Å². The van der Waals surface area contributed by atoms with E-state index in [0.29, 0.717) is 5.96 Å². The summed E-state index contributed by atoms with van der Waals surface area (Å²) in [7, 11) is 0. The molecule has 0 saturated carbocycles. The molecule has 0 saturated heterocycles. The molecule has 3 rings (SSSR count). The quantitative estimate of drug-likeness (QED) is 0.236. The first-order chi connectivity index (χ1) is 11.3. The van der Waals surface area contributed by atoms with Gasteiger partial charge in [-0.2, -0.15) is 0 Å². The average Bonchev–Trinajstić information content (AvgIpc) is 3.20. The van der Waals surface area contributed by atoms with Gasteiger partial charge in [0.1, 0.15) is 0 Å². The fraction of sp³-hybridized carbons (Fsp3) is 0.294. The van der Waals surface area contributed by atoms with E-state index in [1.54, 1.807) is 22.7 Å². The number of para-hydroxylation sites is 1. The number of nitrogens with two attached hydrogens (primary N) is 1. The first kappa shape index (κ1) is 19.1. The lowest BCUT2D eigenvalue weighted by atomic mass is 10.3. The second-order valence-electron chi connectivity index (χ2n) is 5.20. The first-order valence-electron chi connectivity index (χ1n) is 7.72. The summed E-state index contributed by atoms with van der Waals surface area (Å²) in [5.41, 5.74) is 6.97. The molecule has 0 radical (unpaired) electrons. The Bertz CT molecular complexity index is 735. The molecule has 0 aliphatic rings. The Hall–Kier alpha value is -1.19. The Labute approximate surface area is 167 Å². The second-order valence-corrected chi connectivity index (χ2v) is 7.35. The van der Waals surface area contributed by atoms with Crippen LogP contribution < -0.4 is 11.1 Å². The number of rotatable bonds is 7. The molecule has 1 aromatic carbocycles. The van der Waals surface area contributed by atoms with Crippen molar-refractivity contribution in [1.82, 2.24) is 10.3 Å². The van der Waals surface area contributed by atoms with Crippen LogP contribution in [-0.2, 0) is 12.8 Å². The van der Waals surface area contributed by atoms with Crippen LogP contribution in [0.5, 0.6) is 0 Å². The van der Waals surface area contributed by atoms with Gasteiger partial charge in [0.25, 0.3) is 0 Å². The molecular weight excluding hydrogens is 451 g/mol. The van der Waals surface area contributed by atoms with Crippen molar-refractivity contribution in [2.24, 2.45) is 10.7 Å². The zero-order valence-electron chi connectivity index (χ0n) is 13.3. The van der Waals surface area contributed by atoms with E-state index in [1.165, 1.54) is 14.6 Å². The fourth-order valence-corrected chi connectivity index (χ4v) is 4.00. The van der Waals surface area contributed by atoms with Gasteiger partial charge in [-0.25, -0.2) is 4.98 Å². The molecule has 0 unspecified atom stereocenters. The Morgan fingerprint density at radius 2 is 2.04 bits per heavy atom. The maximum atomic E-state index is 5.88.